The molecule has 0 spiro atoms. The van der Waals surface area contributed by atoms with Crippen LogP contribution < -0.4 is 10.6 Å². The van der Waals surface area contributed by atoms with Gasteiger partial charge in [-0.05, 0) is 43.4 Å². The summed E-state index contributed by atoms with van der Waals surface area (Å²) < 4.78 is 0. The number of imide groups is 1. The smallest absolute Gasteiger partial charge is 0.512 e. The van der Waals surface area contributed by atoms with Gasteiger partial charge in [-0.1, -0.05) is 118 Å². The van der Waals surface area contributed by atoms with E-state index in [9.17, 15) is 19.2 Å². The molecule has 314 valence electrons. The minimum Gasteiger partial charge on any atom is -0.512 e. The SMILES string of the molecule is CCCCCCCCCCCSSCCCCCCCCCCC(=O)NC(CCN1C(=O)C=CC1=O)C(=O)NCc1ccncc1.[C-]#N.[C-]#N.[C-]#N.[C-]#N.[C-]#N.[Os+2]. The maximum atomic E-state index is 12.9. The van der Waals surface area contributed by atoms with Crippen LogP contribution in [0.2, 0.25) is 0 Å². The summed E-state index contributed by atoms with van der Waals surface area (Å²) in [6.07, 6.45) is 28.0. The first-order valence-electron chi connectivity index (χ1n) is 18.9. The van der Waals surface area contributed by atoms with E-state index in [4.69, 9.17) is 59.2 Å². The second kappa shape index (κ2) is 51.8. The van der Waals surface area contributed by atoms with Gasteiger partial charge in [0.25, 0.3) is 11.8 Å². The van der Waals surface area contributed by atoms with Crippen molar-refractivity contribution in [1.82, 2.24) is 20.5 Å². The molecule has 0 aliphatic carbocycles. The van der Waals surface area contributed by atoms with Crippen LogP contribution >= 0.6 is 21.6 Å². The van der Waals surface area contributed by atoms with E-state index in [0.29, 0.717) is 13.0 Å². The third kappa shape index (κ3) is 38.4. The monoisotopic (exact) mass is 996 g/mol. The third-order valence-electron chi connectivity index (χ3n) is 8.21. The van der Waals surface area contributed by atoms with Crippen molar-refractivity contribution >= 4 is 45.2 Å². The van der Waals surface area contributed by atoms with Crippen molar-refractivity contribution in [2.24, 2.45) is 0 Å². The van der Waals surface area contributed by atoms with E-state index in [2.05, 4.69) is 33.3 Å². The molecular formula is C41H58N9O4OsS2-3. The quantitative estimate of drug-likeness (QED) is 0.0334. The summed E-state index contributed by atoms with van der Waals surface area (Å²) in [6, 6.07) is 2.78. The average Bonchev–Trinajstić information content (AvgIpc) is 3.58. The predicted octanol–water partition coefficient (Wildman–Crippen LogP) is 8.40. The molecule has 16 heteroatoms. The first-order valence-corrected chi connectivity index (χ1v) is 21.4. The van der Waals surface area contributed by atoms with E-state index in [1.54, 1.807) is 24.5 Å². The van der Waals surface area contributed by atoms with Gasteiger partial charge in [-0.2, -0.15) is 0 Å². The fraction of sp³-hybridized carbons (Fsp3) is 0.610. The van der Waals surface area contributed by atoms with Gasteiger partial charge in [-0.3, -0.25) is 29.1 Å². The number of pyridine rings is 1. The number of rotatable bonds is 29. The number of hydrogen-bond donors (Lipinski definition) is 2. The first-order chi connectivity index (χ1) is 27.5. The Morgan fingerprint density at radius 1 is 0.667 bits per heavy atom. The van der Waals surface area contributed by atoms with Crippen LogP contribution in [0.5, 0.6) is 0 Å². The fourth-order valence-electron chi connectivity index (χ4n) is 5.35. The van der Waals surface area contributed by atoms with E-state index >= 15 is 0 Å². The molecule has 4 amide bonds. The summed E-state index contributed by atoms with van der Waals surface area (Å²) in [5.74, 6) is 1.22. The molecule has 2 rings (SSSR count). The van der Waals surface area contributed by atoms with Gasteiger partial charge in [0.15, 0.2) is 0 Å². The molecule has 0 fully saturated rings. The van der Waals surface area contributed by atoms with Crippen LogP contribution in [0.4, 0.5) is 0 Å². The average molecular weight is 995 g/mol. The Kier molecular flexibility index (Phi) is 56.3. The topological polar surface area (TPSA) is 227 Å². The molecule has 13 nitrogen and oxygen atoms in total. The Hall–Kier alpha value is -4.24. The van der Waals surface area contributed by atoms with Gasteiger partial charge in [0.1, 0.15) is 6.04 Å². The normalized spacial score (nSPS) is 11.0. The standard InChI is InChI=1S/C36H58N4O4S2.5CN.Os/c1-2-3-4-5-6-8-11-14-17-28-45-46-29-18-15-12-9-7-10-13-16-19-33(41)39-32(24-27-40-34(42)20-21-35(40)43)36(44)38-30-31-22-25-37-26-23-31;5*1-2;/h20-23,25-26,32H,2-19,24,27-30H2,1H3,(H,38,44)(H,39,41);;;;;;/q;5*-1;+2. The predicted molar refractivity (Wildman–Crippen MR) is 217 cm³/mol. The number of nitrogens with one attached hydrogen (secondary N) is 2. The van der Waals surface area contributed by atoms with Gasteiger partial charge in [0, 0.05) is 55.6 Å². The van der Waals surface area contributed by atoms with Crippen LogP contribution in [-0.4, -0.2) is 57.6 Å². The molecule has 0 radical (unpaired) electrons. The fourth-order valence-corrected chi connectivity index (χ4v) is 7.65. The molecule has 1 atom stereocenters. The summed E-state index contributed by atoms with van der Waals surface area (Å²) >= 11 is 0. The third-order valence-corrected chi connectivity index (χ3v) is 10.8. The van der Waals surface area contributed by atoms with Crippen molar-refractivity contribution < 1.29 is 39.0 Å². The molecule has 0 saturated heterocycles. The van der Waals surface area contributed by atoms with Crippen molar-refractivity contribution in [3.05, 3.63) is 75.1 Å². The van der Waals surface area contributed by atoms with Gasteiger partial charge in [0.05, 0.1) is 0 Å². The Bertz CT molecular complexity index is 1210. The van der Waals surface area contributed by atoms with Crippen LogP contribution in [0, 0.1) is 59.2 Å². The van der Waals surface area contributed by atoms with Crippen LogP contribution in [-0.2, 0) is 45.5 Å². The number of hydrogen-bond acceptors (Lipinski definition) is 12. The van der Waals surface area contributed by atoms with Crippen molar-refractivity contribution in [1.29, 1.82) is 26.3 Å². The minimum atomic E-state index is -0.831. The van der Waals surface area contributed by atoms with E-state index in [0.717, 1.165) is 29.7 Å². The van der Waals surface area contributed by atoms with E-state index in [-0.39, 0.29) is 44.6 Å². The number of carbonyl (C=O) groups excluding carboxylic acids is 4. The first kappa shape index (κ1) is 62.0. The summed E-state index contributed by atoms with van der Waals surface area (Å²) in [6.45, 7) is 26.4. The zero-order valence-electron chi connectivity index (χ0n) is 33.2. The van der Waals surface area contributed by atoms with Crippen molar-refractivity contribution in [2.75, 3.05) is 18.1 Å². The summed E-state index contributed by atoms with van der Waals surface area (Å²) in [5, 5.41) is 36.9. The molecule has 0 bridgehead atoms. The number of unbranched alkanes of at least 4 members (excludes halogenated alkanes) is 15. The molecule has 1 aromatic rings. The molecule has 0 saturated carbocycles. The Morgan fingerprint density at radius 3 is 1.51 bits per heavy atom. The number of amides is 4. The molecular weight excluding hydrogens is 937 g/mol. The largest absolute Gasteiger partial charge is 2.00 e. The second-order valence-corrected chi connectivity index (χ2v) is 14.9. The van der Waals surface area contributed by atoms with Crippen LogP contribution in [0.15, 0.2) is 36.7 Å². The zero-order chi connectivity index (χ0) is 43.1. The van der Waals surface area contributed by atoms with E-state index in [1.165, 1.54) is 114 Å². The van der Waals surface area contributed by atoms with Crippen LogP contribution in [0.1, 0.15) is 134 Å². The molecule has 1 aromatic heterocycles. The Morgan fingerprint density at radius 2 is 1.07 bits per heavy atom. The Balaban J connectivity index is -0.000000756. The summed E-state index contributed by atoms with van der Waals surface area (Å²) in [4.78, 5) is 54.6. The molecule has 2 heterocycles. The van der Waals surface area contributed by atoms with Crippen LogP contribution in [0.3, 0.4) is 0 Å². The van der Waals surface area contributed by atoms with Crippen molar-refractivity contribution in [3.8, 4) is 0 Å². The number of nitrogens with zero attached hydrogens (tertiary/aromatic N) is 7. The number of carbonyl (C=O) groups is 4. The molecule has 1 aliphatic rings. The van der Waals surface area contributed by atoms with E-state index in [1.807, 2.05) is 10.8 Å². The van der Waals surface area contributed by atoms with Gasteiger partial charge in [-0.15, -0.1) is 0 Å². The van der Waals surface area contributed by atoms with Crippen molar-refractivity contribution in [3.63, 3.8) is 0 Å². The molecule has 1 unspecified atom stereocenters. The van der Waals surface area contributed by atoms with Gasteiger partial charge < -0.3 is 69.8 Å². The summed E-state index contributed by atoms with van der Waals surface area (Å²) in [5.41, 5.74) is 0.889. The molecule has 0 aromatic carbocycles. The zero-order valence-corrected chi connectivity index (χ0v) is 37.4. The molecule has 57 heavy (non-hydrogen) atoms. The number of aromatic nitrogens is 1. The van der Waals surface area contributed by atoms with E-state index < -0.39 is 17.9 Å². The molecule has 1 aliphatic heterocycles. The molecule has 2 N–H and O–H groups in total. The Labute approximate surface area is 363 Å². The minimum absolute atomic E-state index is 0. The van der Waals surface area contributed by atoms with Gasteiger partial charge >= 0.3 is 19.8 Å². The maximum absolute atomic E-state index is 12.9. The second-order valence-electron chi connectivity index (χ2n) is 12.2. The van der Waals surface area contributed by atoms with Gasteiger partial charge in [0.2, 0.25) is 11.8 Å². The van der Waals surface area contributed by atoms with Crippen LogP contribution in [0.25, 0.3) is 0 Å². The van der Waals surface area contributed by atoms with Crippen molar-refractivity contribution in [2.45, 2.75) is 142 Å². The maximum Gasteiger partial charge on any atom is 2.00 e. The van der Waals surface area contributed by atoms with Gasteiger partial charge in [-0.25, -0.2) is 0 Å². The summed E-state index contributed by atoms with van der Waals surface area (Å²) in [7, 11) is 4.09.